The second-order valence-corrected chi connectivity index (χ2v) is 6.67. The zero-order chi connectivity index (χ0) is 16.5. The Bertz CT molecular complexity index is 1010. The maximum absolute atomic E-state index is 12.2. The normalized spacial score (nSPS) is 16.0. The third-order valence-electron chi connectivity index (χ3n) is 3.64. The van der Waals surface area contributed by atoms with Crippen LogP contribution in [0, 0.1) is 0 Å². The first-order valence-corrected chi connectivity index (χ1v) is 8.50. The maximum Gasteiger partial charge on any atom is 0.286 e. The second-order valence-electron chi connectivity index (χ2n) is 5.23. The lowest BCUT2D eigenvalue weighted by atomic mass is 10.1. The van der Waals surface area contributed by atoms with E-state index in [1.54, 1.807) is 6.07 Å². The summed E-state index contributed by atoms with van der Waals surface area (Å²) < 4.78 is 0. The van der Waals surface area contributed by atoms with Crippen molar-refractivity contribution < 1.29 is 4.79 Å². The number of hydrogen-bond donors (Lipinski definition) is 2. The fourth-order valence-corrected chi connectivity index (χ4v) is 3.49. The molecule has 2 N–H and O–H groups in total. The molecule has 0 fully saturated rings. The molecule has 2 aromatic carbocycles. The fourth-order valence-electron chi connectivity index (χ4n) is 2.50. The number of halogens is 1. The van der Waals surface area contributed by atoms with Crippen molar-refractivity contribution in [2.24, 2.45) is 4.99 Å². The van der Waals surface area contributed by atoms with Crippen LogP contribution < -0.4 is 5.32 Å². The van der Waals surface area contributed by atoms with Gasteiger partial charge in [-0.05, 0) is 36.0 Å². The summed E-state index contributed by atoms with van der Waals surface area (Å²) in [4.78, 5) is 20.0. The van der Waals surface area contributed by atoms with Crippen LogP contribution in [0.5, 0.6) is 0 Å². The van der Waals surface area contributed by atoms with Gasteiger partial charge in [-0.15, -0.1) is 0 Å². The highest BCUT2D eigenvalue weighted by Gasteiger charge is 2.22. The molecule has 0 saturated heterocycles. The Hall–Kier alpha value is -2.50. The number of para-hydroxylation sites is 2. The van der Waals surface area contributed by atoms with Crippen LogP contribution in [0.15, 0.2) is 64.6 Å². The predicted molar refractivity (Wildman–Crippen MR) is 101 cm³/mol. The van der Waals surface area contributed by atoms with Gasteiger partial charge >= 0.3 is 0 Å². The number of carbonyl (C=O) groups is 1. The number of rotatable bonds is 2. The molecule has 6 heteroatoms. The minimum Gasteiger partial charge on any atom is -0.361 e. The lowest BCUT2D eigenvalue weighted by molar-refractivity contribution is -0.113. The number of amides is 1. The van der Waals surface area contributed by atoms with E-state index in [1.807, 2.05) is 54.7 Å². The Morgan fingerprint density at radius 1 is 1.12 bits per heavy atom. The van der Waals surface area contributed by atoms with Crippen molar-refractivity contribution in [2.75, 3.05) is 5.32 Å². The van der Waals surface area contributed by atoms with Gasteiger partial charge in [0, 0.05) is 22.7 Å². The molecule has 1 amide bonds. The summed E-state index contributed by atoms with van der Waals surface area (Å²) in [6, 6.07) is 15.3. The Kier molecular flexibility index (Phi) is 3.88. The topological polar surface area (TPSA) is 57.2 Å². The van der Waals surface area contributed by atoms with Crippen LogP contribution in [0.2, 0.25) is 5.02 Å². The third kappa shape index (κ3) is 2.84. The molecule has 4 rings (SSSR count). The molecule has 2 heterocycles. The summed E-state index contributed by atoms with van der Waals surface area (Å²) in [5.74, 6) is -0.250. The molecule has 0 saturated carbocycles. The maximum atomic E-state index is 12.2. The largest absolute Gasteiger partial charge is 0.361 e. The average molecular weight is 354 g/mol. The molecular formula is C18H12ClN3OS. The number of carbonyl (C=O) groups excluding carboxylic acids is 1. The van der Waals surface area contributed by atoms with Gasteiger partial charge in [-0.2, -0.15) is 4.99 Å². The zero-order valence-electron chi connectivity index (χ0n) is 12.4. The van der Waals surface area contributed by atoms with Crippen LogP contribution in [0.4, 0.5) is 5.69 Å². The number of anilines is 1. The van der Waals surface area contributed by atoms with Gasteiger partial charge in [0.25, 0.3) is 5.91 Å². The van der Waals surface area contributed by atoms with E-state index in [9.17, 15) is 4.79 Å². The highest BCUT2D eigenvalue weighted by Crippen LogP contribution is 2.32. The summed E-state index contributed by atoms with van der Waals surface area (Å²) >= 11 is 7.43. The number of nitrogens with one attached hydrogen (secondary N) is 2. The first kappa shape index (κ1) is 15.1. The van der Waals surface area contributed by atoms with E-state index in [-0.39, 0.29) is 5.91 Å². The van der Waals surface area contributed by atoms with E-state index >= 15 is 0 Å². The van der Waals surface area contributed by atoms with Gasteiger partial charge < -0.3 is 10.3 Å². The number of H-pyrrole nitrogens is 1. The van der Waals surface area contributed by atoms with Gasteiger partial charge in [0.1, 0.15) is 0 Å². The molecule has 1 aliphatic heterocycles. The zero-order valence-corrected chi connectivity index (χ0v) is 14.0. The number of nitrogens with zero attached hydrogens (tertiary/aromatic N) is 1. The monoisotopic (exact) mass is 353 g/mol. The number of aliphatic imine (C=N–C) groups is 1. The van der Waals surface area contributed by atoms with Crippen molar-refractivity contribution in [3.05, 3.63) is 70.2 Å². The molecule has 0 spiro atoms. The quantitative estimate of drug-likeness (QED) is 0.644. The molecule has 0 bridgehead atoms. The molecule has 24 heavy (non-hydrogen) atoms. The number of thioether (sulfide) groups is 1. The Labute approximate surface area is 147 Å². The van der Waals surface area contributed by atoms with Gasteiger partial charge in [-0.1, -0.05) is 41.9 Å². The van der Waals surface area contributed by atoms with Crippen LogP contribution in [0.1, 0.15) is 5.56 Å². The highest BCUT2D eigenvalue weighted by molar-refractivity contribution is 8.18. The van der Waals surface area contributed by atoms with Gasteiger partial charge in [-0.25, -0.2) is 0 Å². The van der Waals surface area contributed by atoms with E-state index in [2.05, 4.69) is 15.3 Å². The third-order valence-corrected chi connectivity index (χ3v) is 4.87. The minimum atomic E-state index is -0.250. The molecule has 3 aromatic rings. The summed E-state index contributed by atoms with van der Waals surface area (Å²) in [7, 11) is 0. The molecule has 1 aliphatic rings. The van der Waals surface area contributed by atoms with Gasteiger partial charge in [-0.3, -0.25) is 4.79 Å². The number of aromatic amines is 1. The van der Waals surface area contributed by atoms with Crippen molar-refractivity contribution in [3.63, 3.8) is 0 Å². The summed E-state index contributed by atoms with van der Waals surface area (Å²) in [6.07, 6.45) is 3.75. The molecule has 0 atom stereocenters. The smallest absolute Gasteiger partial charge is 0.286 e. The van der Waals surface area contributed by atoms with Crippen molar-refractivity contribution in [1.29, 1.82) is 0 Å². The summed E-state index contributed by atoms with van der Waals surface area (Å²) in [6.45, 7) is 0. The van der Waals surface area contributed by atoms with Crippen molar-refractivity contribution in [2.45, 2.75) is 0 Å². The van der Waals surface area contributed by atoms with Crippen LogP contribution in [-0.4, -0.2) is 16.1 Å². The first-order chi connectivity index (χ1) is 11.7. The minimum absolute atomic E-state index is 0.250. The molecular weight excluding hydrogens is 342 g/mol. The number of benzene rings is 2. The van der Waals surface area contributed by atoms with Crippen molar-refractivity contribution >= 4 is 57.1 Å². The predicted octanol–water partition coefficient (Wildman–Crippen LogP) is 4.90. The van der Waals surface area contributed by atoms with Crippen LogP contribution in [-0.2, 0) is 4.79 Å². The van der Waals surface area contributed by atoms with E-state index in [0.29, 0.717) is 15.1 Å². The number of amidine groups is 1. The average Bonchev–Trinajstić information content (AvgIpc) is 3.14. The van der Waals surface area contributed by atoms with E-state index < -0.39 is 0 Å². The first-order valence-electron chi connectivity index (χ1n) is 7.31. The number of fused-ring (bicyclic) bond motifs is 1. The van der Waals surface area contributed by atoms with E-state index in [4.69, 9.17) is 11.6 Å². The van der Waals surface area contributed by atoms with Crippen molar-refractivity contribution in [1.82, 2.24) is 4.98 Å². The van der Waals surface area contributed by atoms with E-state index in [0.717, 1.165) is 22.2 Å². The molecule has 0 unspecified atom stereocenters. The lowest BCUT2D eigenvalue weighted by Crippen LogP contribution is -2.04. The molecule has 4 nitrogen and oxygen atoms in total. The summed E-state index contributed by atoms with van der Waals surface area (Å²) in [5.41, 5.74) is 2.73. The molecule has 118 valence electrons. The SMILES string of the molecule is O=C1N=C(Nc2ccccc2Cl)S/C1=C\c1c[nH]c2ccccc12. The van der Waals surface area contributed by atoms with Gasteiger partial charge in [0.05, 0.1) is 15.6 Å². The molecule has 0 aliphatic carbocycles. The Morgan fingerprint density at radius 2 is 1.92 bits per heavy atom. The fraction of sp³-hybridized carbons (Fsp3) is 0. The number of aromatic nitrogens is 1. The van der Waals surface area contributed by atoms with Crippen LogP contribution in [0.25, 0.3) is 17.0 Å². The highest BCUT2D eigenvalue weighted by atomic mass is 35.5. The van der Waals surface area contributed by atoms with Crippen LogP contribution >= 0.6 is 23.4 Å². The van der Waals surface area contributed by atoms with Gasteiger partial charge in [0.2, 0.25) is 0 Å². The van der Waals surface area contributed by atoms with E-state index in [1.165, 1.54) is 11.8 Å². The second kappa shape index (κ2) is 6.19. The Morgan fingerprint density at radius 3 is 2.79 bits per heavy atom. The lowest BCUT2D eigenvalue weighted by Gasteiger charge is -2.05. The molecule has 1 aromatic heterocycles. The molecule has 0 radical (unpaired) electrons. The standard InChI is InChI=1S/C18H12ClN3OS/c19-13-6-2-4-8-15(13)21-18-22-17(23)16(24-18)9-11-10-20-14-7-3-1-5-12(11)14/h1-10,20H,(H,21,22,23)/b16-9-. The van der Waals surface area contributed by atoms with Crippen LogP contribution in [0.3, 0.4) is 0 Å². The number of hydrogen-bond acceptors (Lipinski definition) is 3. The van der Waals surface area contributed by atoms with Crippen molar-refractivity contribution in [3.8, 4) is 0 Å². The Balaban J connectivity index is 1.59. The van der Waals surface area contributed by atoms with Gasteiger partial charge in [0.15, 0.2) is 5.17 Å². The summed E-state index contributed by atoms with van der Waals surface area (Å²) in [5, 5.41) is 5.29.